The van der Waals surface area contributed by atoms with Crippen LogP contribution in [-0.4, -0.2) is 22.1 Å². The highest BCUT2D eigenvalue weighted by Crippen LogP contribution is 2.33. The van der Waals surface area contributed by atoms with Crippen molar-refractivity contribution in [3.05, 3.63) is 51.6 Å². The van der Waals surface area contributed by atoms with Gasteiger partial charge in [0.25, 0.3) is 0 Å². The molecule has 132 valence electrons. The lowest BCUT2D eigenvalue weighted by molar-refractivity contribution is 0.234. The Morgan fingerprint density at radius 2 is 2.00 bits per heavy atom. The number of hydrogen-bond acceptors (Lipinski definition) is 4. The third kappa shape index (κ3) is 4.42. The van der Waals surface area contributed by atoms with Gasteiger partial charge in [-0.1, -0.05) is 36.0 Å². The van der Waals surface area contributed by atoms with Gasteiger partial charge in [-0.05, 0) is 44.0 Å². The number of benzene rings is 1. The van der Waals surface area contributed by atoms with Crippen LogP contribution < -0.4 is 10.2 Å². The molecule has 1 saturated carbocycles. The number of pyridine rings is 1. The second-order valence-electron chi connectivity index (χ2n) is 6.01. The molecule has 3 rings (SSSR count). The molecule has 0 radical (unpaired) electrons. The molecular weight excluding hydrogens is 361 g/mol. The van der Waals surface area contributed by atoms with Crippen molar-refractivity contribution in [3.8, 4) is 11.6 Å². The lowest BCUT2D eigenvalue weighted by Gasteiger charge is -2.14. The summed E-state index contributed by atoms with van der Waals surface area (Å²) in [5.41, 5.74) is 3.53. The predicted molar refractivity (Wildman–Crippen MR) is 99.2 cm³/mol. The van der Waals surface area contributed by atoms with Gasteiger partial charge in [-0.25, -0.2) is 4.98 Å². The second-order valence-corrected chi connectivity index (χ2v) is 6.85. The maximum Gasteiger partial charge on any atom is 0.230 e. The highest BCUT2D eigenvalue weighted by Gasteiger charge is 2.19. The maximum absolute atomic E-state index is 9.59. The average molecular weight is 380 g/mol. The Kier molecular flexibility index (Phi) is 5.78. The van der Waals surface area contributed by atoms with E-state index in [9.17, 15) is 5.21 Å². The molecule has 25 heavy (non-hydrogen) atoms. The monoisotopic (exact) mass is 379 g/mol. The zero-order chi connectivity index (χ0) is 17.8. The van der Waals surface area contributed by atoms with Gasteiger partial charge >= 0.3 is 0 Å². The molecule has 0 amide bonds. The van der Waals surface area contributed by atoms with E-state index in [1.54, 1.807) is 18.2 Å². The summed E-state index contributed by atoms with van der Waals surface area (Å²) >= 11 is 12.2. The predicted octanol–water partition coefficient (Wildman–Crippen LogP) is 5.16. The molecule has 7 heteroatoms. The molecule has 1 aliphatic carbocycles. The molecule has 0 saturated heterocycles. The number of aliphatic imine (C=N–C) groups is 1. The average Bonchev–Trinajstić information content (AvgIpc) is 3.10. The van der Waals surface area contributed by atoms with Crippen molar-refractivity contribution >= 4 is 29.0 Å². The van der Waals surface area contributed by atoms with E-state index >= 15 is 0 Å². The molecule has 5 nitrogen and oxygen atoms in total. The molecule has 2 aromatic rings. The van der Waals surface area contributed by atoms with Gasteiger partial charge in [0, 0.05) is 16.8 Å². The number of nitrogens with one attached hydrogen (secondary N) is 1. The number of aryl methyl sites for hydroxylation is 1. The zero-order valence-electron chi connectivity index (χ0n) is 13.8. The number of amidine groups is 1. The topological polar surface area (TPSA) is 66.7 Å². The highest BCUT2D eigenvalue weighted by molar-refractivity contribution is 6.34. The van der Waals surface area contributed by atoms with E-state index in [0.717, 1.165) is 31.4 Å². The van der Waals surface area contributed by atoms with Gasteiger partial charge < -0.3 is 4.74 Å². The fourth-order valence-corrected chi connectivity index (χ4v) is 3.14. The minimum absolute atomic E-state index is 0.193. The van der Waals surface area contributed by atoms with Gasteiger partial charge in [0.15, 0.2) is 5.84 Å². The van der Waals surface area contributed by atoms with Crippen molar-refractivity contribution in [1.29, 1.82) is 0 Å². The first-order valence-electron chi connectivity index (χ1n) is 8.15. The van der Waals surface area contributed by atoms with Crippen LogP contribution in [0.3, 0.4) is 0 Å². The van der Waals surface area contributed by atoms with Crippen LogP contribution >= 0.6 is 23.2 Å². The smallest absolute Gasteiger partial charge is 0.230 e. The highest BCUT2D eigenvalue weighted by atomic mass is 35.5. The Morgan fingerprint density at radius 3 is 2.72 bits per heavy atom. The van der Waals surface area contributed by atoms with Crippen LogP contribution in [0.5, 0.6) is 11.6 Å². The van der Waals surface area contributed by atoms with Gasteiger partial charge in [-0.3, -0.25) is 15.7 Å². The van der Waals surface area contributed by atoms with Gasteiger partial charge in [-0.2, -0.15) is 0 Å². The van der Waals surface area contributed by atoms with Crippen molar-refractivity contribution in [2.24, 2.45) is 4.99 Å². The fraction of sp³-hybridized carbons (Fsp3) is 0.333. The first-order valence-corrected chi connectivity index (χ1v) is 8.91. The molecule has 0 spiro atoms. The van der Waals surface area contributed by atoms with Crippen LogP contribution in [0.4, 0.5) is 0 Å². The summed E-state index contributed by atoms with van der Waals surface area (Å²) in [6, 6.07) is 8.81. The normalized spacial score (nSPS) is 15.4. The molecule has 0 unspecified atom stereocenters. The molecule has 1 aromatic carbocycles. The molecule has 0 atom stereocenters. The van der Waals surface area contributed by atoms with E-state index in [-0.39, 0.29) is 6.04 Å². The summed E-state index contributed by atoms with van der Waals surface area (Å²) in [5, 5.41) is 10.5. The van der Waals surface area contributed by atoms with Gasteiger partial charge in [0.05, 0.1) is 16.6 Å². The fourth-order valence-electron chi connectivity index (χ4n) is 2.83. The van der Waals surface area contributed by atoms with E-state index in [1.165, 1.54) is 0 Å². The third-order valence-corrected chi connectivity index (χ3v) is 4.64. The molecule has 2 N–H and O–H groups in total. The van der Waals surface area contributed by atoms with Crippen LogP contribution in [0.2, 0.25) is 10.0 Å². The molecule has 0 bridgehead atoms. The summed E-state index contributed by atoms with van der Waals surface area (Å²) < 4.78 is 5.89. The Hall–Kier alpha value is -1.82. The summed E-state index contributed by atoms with van der Waals surface area (Å²) in [7, 11) is 0. The number of nitrogens with zero attached hydrogens (tertiary/aromatic N) is 2. The minimum atomic E-state index is 0.193. The number of halogens is 2. The Labute approximate surface area is 156 Å². The number of aromatic nitrogens is 1. The summed E-state index contributed by atoms with van der Waals surface area (Å²) in [4.78, 5) is 9.04. The lowest BCUT2D eigenvalue weighted by atomic mass is 10.2. The lowest BCUT2D eigenvalue weighted by Crippen LogP contribution is -2.23. The van der Waals surface area contributed by atoms with Crippen molar-refractivity contribution < 1.29 is 9.94 Å². The van der Waals surface area contributed by atoms with E-state index in [1.807, 2.05) is 19.1 Å². The SMILES string of the molecule is Cc1ccc(C(=NC2CCCC2)NO)c(Oc2cc(Cl)ccc2Cl)n1. The van der Waals surface area contributed by atoms with Crippen LogP contribution in [0, 0.1) is 6.92 Å². The first-order chi connectivity index (χ1) is 12.1. The Balaban J connectivity index is 1.98. The van der Waals surface area contributed by atoms with Gasteiger partial charge in [0.1, 0.15) is 5.75 Å². The molecule has 1 heterocycles. The number of rotatable bonds is 4. The Bertz CT molecular complexity index is 790. The van der Waals surface area contributed by atoms with Crippen molar-refractivity contribution in [3.63, 3.8) is 0 Å². The van der Waals surface area contributed by atoms with E-state index in [2.05, 4.69) is 15.5 Å². The van der Waals surface area contributed by atoms with E-state index in [4.69, 9.17) is 27.9 Å². The summed E-state index contributed by atoms with van der Waals surface area (Å²) in [5.74, 6) is 1.04. The van der Waals surface area contributed by atoms with Gasteiger partial charge in [0.2, 0.25) is 5.88 Å². The largest absolute Gasteiger partial charge is 0.437 e. The van der Waals surface area contributed by atoms with Crippen LogP contribution in [-0.2, 0) is 0 Å². The van der Waals surface area contributed by atoms with Crippen LogP contribution in [0.25, 0.3) is 0 Å². The molecular formula is C18H19Cl2N3O2. The van der Waals surface area contributed by atoms with E-state index < -0.39 is 0 Å². The molecule has 1 aromatic heterocycles. The minimum Gasteiger partial charge on any atom is -0.437 e. The molecule has 1 aliphatic rings. The maximum atomic E-state index is 9.59. The van der Waals surface area contributed by atoms with Crippen molar-refractivity contribution in [2.45, 2.75) is 38.6 Å². The van der Waals surface area contributed by atoms with Gasteiger partial charge in [-0.15, -0.1) is 0 Å². The Morgan fingerprint density at radius 1 is 1.24 bits per heavy atom. The first kappa shape index (κ1) is 18.0. The third-order valence-electron chi connectivity index (χ3n) is 4.10. The summed E-state index contributed by atoms with van der Waals surface area (Å²) in [6.07, 6.45) is 4.34. The van der Waals surface area contributed by atoms with E-state index in [0.29, 0.717) is 33.1 Å². The van der Waals surface area contributed by atoms with Crippen LogP contribution in [0.15, 0.2) is 35.3 Å². The summed E-state index contributed by atoms with van der Waals surface area (Å²) in [6.45, 7) is 1.86. The standard InChI is InChI=1S/C18H19Cl2N3O2/c1-11-6-8-14(17(23-24)22-13-4-2-3-5-13)18(21-11)25-16-10-12(19)7-9-15(16)20/h6-10,13,24H,2-5H2,1H3,(H,22,23). The van der Waals surface area contributed by atoms with Crippen molar-refractivity contribution in [1.82, 2.24) is 10.5 Å². The zero-order valence-corrected chi connectivity index (χ0v) is 15.3. The molecule has 1 fully saturated rings. The quantitative estimate of drug-likeness (QED) is 0.437. The van der Waals surface area contributed by atoms with Crippen LogP contribution in [0.1, 0.15) is 36.9 Å². The van der Waals surface area contributed by atoms with Crippen molar-refractivity contribution in [2.75, 3.05) is 0 Å². The number of ether oxygens (including phenoxy) is 1. The molecule has 0 aliphatic heterocycles. The number of hydrogen-bond donors (Lipinski definition) is 2. The number of hydroxylamine groups is 1. The second kappa shape index (κ2) is 8.04.